The highest BCUT2D eigenvalue weighted by atomic mass is 16.4. The number of hydrogen-bond acceptors (Lipinski definition) is 3. The van der Waals surface area contributed by atoms with Crippen molar-refractivity contribution in [3.63, 3.8) is 0 Å². The number of amides is 2. The van der Waals surface area contributed by atoms with E-state index in [0.717, 1.165) is 12.8 Å². The number of nitrogens with zero attached hydrogens (tertiary/aromatic N) is 1. The maximum Gasteiger partial charge on any atom is 0.335 e. The van der Waals surface area contributed by atoms with Crippen LogP contribution in [-0.2, 0) is 16.0 Å². The molecule has 0 bridgehead atoms. The van der Waals surface area contributed by atoms with Gasteiger partial charge in [0, 0.05) is 26.1 Å². The average molecular weight is 316 g/mol. The molecule has 0 saturated carbocycles. The molecule has 3 rings (SSSR count). The van der Waals surface area contributed by atoms with Gasteiger partial charge in [-0.2, -0.15) is 0 Å². The summed E-state index contributed by atoms with van der Waals surface area (Å²) < 4.78 is 0. The van der Waals surface area contributed by atoms with E-state index in [-0.39, 0.29) is 29.2 Å². The molecule has 1 spiro atoms. The summed E-state index contributed by atoms with van der Waals surface area (Å²) in [7, 11) is 0. The van der Waals surface area contributed by atoms with Crippen molar-refractivity contribution >= 4 is 17.8 Å². The molecule has 122 valence electrons. The number of nitrogens with one attached hydrogen (secondary N) is 1. The highest BCUT2D eigenvalue weighted by molar-refractivity contribution is 5.88. The first-order valence-corrected chi connectivity index (χ1v) is 7.84. The molecule has 1 aromatic carbocycles. The Kier molecular flexibility index (Phi) is 4.07. The maximum absolute atomic E-state index is 12.4. The summed E-state index contributed by atoms with van der Waals surface area (Å²) in [5.74, 6) is -0.868. The van der Waals surface area contributed by atoms with E-state index in [1.165, 1.54) is 6.07 Å². The van der Waals surface area contributed by atoms with Crippen LogP contribution in [0.25, 0.3) is 0 Å². The zero-order valence-corrected chi connectivity index (χ0v) is 12.9. The largest absolute Gasteiger partial charge is 0.478 e. The van der Waals surface area contributed by atoms with Gasteiger partial charge in [0.2, 0.25) is 11.8 Å². The second-order valence-electron chi connectivity index (χ2n) is 6.52. The first-order chi connectivity index (χ1) is 11.0. The maximum atomic E-state index is 12.4. The van der Waals surface area contributed by atoms with Crippen LogP contribution in [0.3, 0.4) is 0 Å². The fourth-order valence-corrected chi connectivity index (χ4v) is 3.44. The van der Waals surface area contributed by atoms with Gasteiger partial charge < -0.3 is 15.3 Å². The molecule has 0 radical (unpaired) electrons. The first-order valence-electron chi connectivity index (χ1n) is 7.84. The summed E-state index contributed by atoms with van der Waals surface area (Å²) in [6.45, 7) is 2.04. The SMILES string of the molecule is O=C1CC2(CCN(C(=O)Cc3cccc(C(=O)O)c3)CC2)CN1. The molecular formula is C17H20N2O4. The Bertz CT molecular complexity index is 648. The smallest absolute Gasteiger partial charge is 0.335 e. The fraction of sp³-hybridized carbons (Fsp3) is 0.471. The molecule has 0 unspecified atom stereocenters. The predicted molar refractivity (Wildman–Crippen MR) is 83.0 cm³/mol. The number of aromatic carboxylic acids is 1. The number of piperidine rings is 1. The molecule has 2 N–H and O–H groups in total. The Morgan fingerprint density at radius 3 is 2.61 bits per heavy atom. The van der Waals surface area contributed by atoms with Crippen molar-refractivity contribution in [2.75, 3.05) is 19.6 Å². The number of hydrogen-bond donors (Lipinski definition) is 2. The van der Waals surface area contributed by atoms with E-state index in [0.29, 0.717) is 31.6 Å². The molecule has 2 saturated heterocycles. The van der Waals surface area contributed by atoms with Gasteiger partial charge >= 0.3 is 5.97 Å². The van der Waals surface area contributed by atoms with Crippen LogP contribution in [0.2, 0.25) is 0 Å². The quantitative estimate of drug-likeness (QED) is 0.873. The van der Waals surface area contributed by atoms with Crippen LogP contribution in [0.1, 0.15) is 35.2 Å². The minimum Gasteiger partial charge on any atom is -0.478 e. The van der Waals surface area contributed by atoms with Crippen LogP contribution in [0.15, 0.2) is 24.3 Å². The van der Waals surface area contributed by atoms with Gasteiger partial charge in [-0.1, -0.05) is 12.1 Å². The molecule has 6 heteroatoms. The Balaban J connectivity index is 1.59. The van der Waals surface area contributed by atoms with E-state index in [2.05, 4.69) is 5.32 Å². The fourth-order valence-electron chi connectivity index (χ4n) is 3.44. The molecule has 6 nitrogen and oxygen atoms in total. The van der Waals surface area contributed by atoms with Gasteiger partial charge in [0.25, 0.3) is 0 Å². The van der Waals surface area contributed by atoms with Crippen LogP contribution in [-0.4, -0.2) is 47.4 Å². The van der Waals surface area contributed by atoms with Crippen molar-refractivity contribution in [3.8, 4) is 0 Å². The van der Waals surface area contributed by atoms with Crippen LogP contribution in [0.4, 0.5) is 0 Å². The Labute approximate surface area is 134 Å². The Morgan fingerprint density at radius 1 is 1.26 bits per heavy atom. The third kappa shape index (κ3) is 3.36. The normalized spacial score (nSPS) is 19.7. The van der Waals surface area contributed by atoms with Gasteiger partial charge in [0.15, 0.2) is 0 Å². The number of carbonyl (C=O) groups excluding carboxylic acids is 2. The number of carboxylic acid groups (broad SMARTS) is 1. The third-order valence-electron chi connectivity index (χ3n) is 4.90. The zero-order valence-electron chi connectivity index (χ0n) is 12.9. The summed E-state index contributed by atoms with van der Waals surface area (Å²) >= 11 is 0. The molecule has 1 aromatic rings. The molecule has 2 heterocycles. The number of carbonyl (C=O) groups is 3. The van der Waals surface area contributed by atoms with Crippen molar-refractivity contribution in [3.05, 3.63) is 35.4 Å². The second kappa shape index (κ2) is 6.02. The van der Waals surface area contributed by atoms with Gasteiger partial charge in [-0.25, -0.2) is 4.79 Å². The van der Waals surface area contributed by atoms with Crippen molar-refractivity contribution in [1.29, 1.82) is 0 Å². The molecule has 2 fully saturated rings. The lowest BCUT2D eigenvalue weighted by Gasteiger charge is -2.38. The minimum absolute atomic E-state index is 0.0136. The Hall–Kier alpha value is -2.37. The lowest BCUT2D eigenvalue weighted by atomic mass is 9.77. The van der Waals surface area contributed by atoms with Crippen LogP contribution in [0.5, 0.6) is 0 Å². The highest BCUT2D eigenvalue weighted by Gasteiger charge is 2.41. The number of carboxylic acids is 1. The van der Waals surface area contributed by atoms with Crippen LogP contribution < -0.4 is 5.32 Å². The lowest BCUT2D eigenvalue weighted by molar-refractivity contribution is -0.132. The van der Waals surface area contributed by atoms with Gasteiger partial charge in [0.1, 0.15) is 0 Å². The second-order valence-corrected chi connectivity index (χ2v) is 6.52. The molecule has 2 aliphatic heterocycles. The number of rotatable bonds is 3. The van der Waals surface area contributed by atoms with Crippen LogP contribution >= 0.6 is 0 Å². The highest BCUT2D eigenvalue weighted by Crippen LogP contribution is 2.37. The first kappa shape index (κ1) is 15.5. The van der Waals surface area contributed by atoms with E-state index >= 15 is 0 Å². The molecule has 23 heavy (non-hydrogen) atoms. The number of benzene rings is 1. The van der Waals surface area contributed by atoms with E-state index in [4.69, 9.17) is 5.11 Å². The number of likely N-dealkylation sites (tertiary alicyclic amines) is 1. The summed E-state index contributed by atoms with van der Waals surface area (Å²) in [5.41, 5.74) is 0.938. The van der Waals surface area contributed by atoms with E-state index in [1.54, 1.807) is 18.2 Å². The van der Waals surface area contributed by atoms with Gasteiger partial charge in [0.05, 0.1) is 12.0 Å². The summed E-state index contributed by atoms with van der Waals surface area (Å²) in [6, 6.07) is 6.50. The van der Waals surface area contributed by atoms with E-state index in [9.17, 15) is 14.4 Å². The van der Waals surface area contributed by atoms with E-state index < -0.39 is 5.97 Å². The standard InChI is InChI=1S/C17H20N2O4/c20-14-10-17(11-18-14)4-6-19(7-5-17)15(21)9-12-2-1-3-13(8-12)16(22)23/h1-3,8H,4-7,9-11H2,(H,18,20)(H,22,23). The van der Waals surface area contributed by atoms with Crippen molar-refractivity contribution < 1.29 is 19.5 Å². The summed E-state index contributed by atoms with van der Waals surface area (Å²) in [5, 5.41) is 11.9. The van der Waals surface area contributed by atoms with Gasteiger partial charge in [-0.05, 0) is 36.0 Å². The molecule has 2 aliphatic rings. The summed E-state index contributed by atoms with van der Waals surface area (Å²) in [4.78, 5) is 36.6. The zero-order chi connectivity index (χ0) is 16.4. The Morgan fingerprint density at radius 2 is 2.00 bits per heavy atom. The monoisotopic (exact) mass is 316 g/mol. The lowest BCUT2D eigenvalue weighted by Crippen LogP contribution is -2.44. The van der Waals surface area contributed by atoms with Gasteiger partial charge in [-0.3, -0.25) is 9.59 Å². The molecular weight excluding hydrogens is 296 g/mol. The third-order valence-corrected chi connectivity index (χ3v) is 4.90. The molecule has 0 aliphatic carbocycles. The minimum atomic E-state index is -0.988. The topological polar surface area (TPSA) is 86.7 Å². The molecule has 0 aromatic heterocycles. The van der Waals surface area contributed by atoms with Crippen molar-refractivity contribution in [2.45, 2.75) is 25.7 Å². The predicted octanol–water partition coefficient (Wildman–Crippen LogP) is 1.06. The average Bonchev–Trinajstić information content (AvgIpc) is 2.89. The molecule has 2 amide bonds. The van der Waals surface area contributed by atoms with Crippen LogP contribution in [0, 0.1) is 5.41 Å². The summed E-state index contributed by atoms with van der Waals surface area (Å²) in [6.07, 6.45) is 2.46. The van der Waals surface area contributed by atoms with Crippen molar-refractivity contribution in [1.82, 2.24) is 10.2 Å². The van der Waals surface area contributed by atoms with Crippen molar-refractivity contribution in [2.24, 2.45) is 5.41 Å². The van der Waals surface area contributed by atoms with Gasteiger partial charge in [-0.15, -0.1) is 0 Å². The molecule has 0 atom stereocenters. The van der Waals surface area contributed by atoms with E-state index in [1.807, 2.05) is 4.90 Å².